The molecule has 0 fully saturated rings. The number of hydrogen-bond acceptors (Lipinski definition) is 4. The van der Waals surface area contributed by atoms with Gasteiger partial charge in [0.15, 0.2) is 0 Å². The highest BCUT2D eigenvalue weighted by atomic mass is 79.9. The summed E-state index contributed by atoms with van der Waals surface area (Å²) in [6.45, 7) is 2.02. The van der Waals surface area contributed by atoms with Crippen molar-refractivity contribution in [2.24, 2.45) is 0 Å². The molecule has 1 unspecified atom stereocenters. The number of halogens is 1. The second-order valence-electron chi connectivity index (χ2n) is 5.16. The fourth-order valence-corrected chi connectivity index (χ4v) is 3.40. The monoisotopic (exact) mass is 390 g/mol. The Hall–Kier alpha value is -1.99. The molecular weight excluding hydrogens is 376 g/mol. The number of benzene rings is 1. The zero-order valence-electron chi connectivity index (χ0n) is 12.7. The van der Waals surface area contributed by atoms with E-state index in [1.807, 2.05) is 49.7 Å². The van der Waals surface area contributed by atoms with E-state index in [9.17, 15) is 4.79 Å². The number of rotatable bonds is 4. The number of hydrogen-bond donors (Lipinski definition) is 0. The summed E-state index contributed by atoms with van der Waals surface area (Å²) in [5.41, 5.74) is 2.71. The van der Waals surface area contributed by atoms with E-state index in [-0.39, 0.29) is 11.9 Å². The predicted octanol–water partition coefficient (Wildman–Crippen LogP) is 3.92. The van der Waals surface area contributed by atoms with Crippen molar-refractivity contribution >= 4 is 33.2 Å². The molecule has 23 heavy (non-hydrogen) atoms. The van der Waals surface area contributed by atoms with Crippen molar-refractivity contribution in [3.63, 3.8) is 0 Å². The van der Waals surface area contributed by atoms with Crippen molar-refractivity contribution in [1.29, 1.82) is 0 Å². The number of aromatic nitrogens is 3. The Bertz CT molecular complexity index is 798. The van der Waals surface area contributed by atoms with Gasteiger partial charge in [0.1, 0.15) is 12.7 Å². The third kappa shape index (κ3) is 3.35. The molecule has 7 heteroatoms. The summed E-state index contributed by atoms with van der Waals surface area (Å²) in [7, 11) is 1.82. The maximum Gasteiger partial charge on any atom is 0.254 e. The number of carbonyl (C=O) groups is 1. The molecule has 0 N–H and O–H groups in total. The molecule has 0 aliphatic rings. The Morgan fingerprint density at radius 1 is 1.35 bits per heavy atom. The van der Waals surface area contributed by atoms with Gasteiger partial charge in [0.2, 0.25) is 0 Å². The van der Waals surface area contributed by atoms with Crippen molar-refractivity contribution in [2.45, 2.75) is 13.0 Å². The summed E-state index contributed by atoms with van der Waals surface area (Å²) >= 11 is 4.90. The van der Waals surface area contributed by atoms with Crippen LogP contribution >= 0.6 is 27.3 Å². The van der Waals surface area contributed by atoms with Gasteiger partial charge in [-0.1, -0.05) is 12.1 Å². The van der Waals surface area contributed by atoms with Crippen LogP contribution in [0.15, 0.2) is 52.2 Å². The lowest BCUT2D eigenvalue weighted by Gasteiger charge is -2.25. The highest BCUT2D eigenvalue weighted by Gasteiger charge is 2.19. The van der Waals surface area contributed by atoms with Gasteiger partial charge < -0.3 is 4.90 Å². The molecule has 0 aliphatic heterocycles. The molecule has 0 saturated carbocycles. The Morgan fingerprint density at radius 3 is 2.65 bits per heavy atom. The second-order valence-corrected chi connectivity index (χ2v) is 7.45. The van der Waals surface area contributed by atoms with Crippen LogP contribution in [0.25, 0.3) is 5.69 Å². The van der Waals surface area contributed by atoms with E-state index in [0.717, 1.165) is 15.0 Å². The van der Waals surface area contributed by atoms with Crippen LogP contribution in [0.3, 0.4) is 0 Å². The van der Waals surface area contributed by atoms with E-state index in [2.05, 4.69) is 26.0 Å². The fourth-order valence-electron chi connectivity index (χ4n) is 2.27. The molecule has 2 aromatic heterocycles. The van der Waals surface area contributed by atoms with E-state index in [0.29, 0.717) is 5.56 Å². The van der Waals surface area contributed by atoms with Crippen LogP contribution in [0.1, 0.15) is 28.9 Å². The quantitative estimate of drug-likeness (QED) is 0.677. The zero-order chi connectivity index (χ0) is 16.4. The van der Waals surface area contributed by atoms with Gasteiger partial charge in [0.05, 0.1) is 21.1 Å². The molecule has 1 atom stereocenters. The third-order valence-corrected chi connectivity index (χ3v) is 5.28. The Balaban J connectivity index is 1.77. The zero-order valence-corrected chi connectivity index (χ0v) is 15.1. The Morgan fingerprint density at radius 2 is 2.09 bits per heavy atom. The summed E-state index contributed by atoms with van der Waals surface area (Å²) in [5.74, 6) is 0.0137. The SMILES string of the molecule is CC(c1ccc(-n2cncn2)cc1)N(C)C(=O)c1csc(Br)c1. The maximum atomic E-state index is 12.5. The van der Waals surface area contributed by atoms with Gasteiger partial charge in [-0.25, -0.2) is 9.67 Å². The predicted molar refractivity (Wildman–Crippen MR) is 93.9 cm³/mol. The molecule has 2 heterocycles. The number of carbonyl (C=O) groups excluding carboxylic acids is 1. The first kappa shape index (κ1) is 15.9. The van der Waals surface area contributed by atoms with E-state index < -0.39 is 0 Å². The van der Waals surface area contributed by atoms with Gasteiger partial charge in [-0.15, -0.1) is 11.3 Å². The van der Waals surface area contributed by atoms with Crippen molar-refractivity contribution in [3.8, 4) is 5.69 Å². The van der Waals surface area contributed by atoms with Crippen LogP contribution in [-0.4, -0.2) is 32.6 Å². The molecule has 0 spiro atoms. The molecule has 5 nitrogen and oxygen atoms in total. The highest BCUT2D eigenvalue weighted by Crippen LogP contribution is 2.25. The van der Waals surface area contributed by atoms with Crippen molar-refractivity contribution in [3.05, 3.63) is 63.3 Å². The van der Waals surface area contributed by atoms with Crippen molar-refractivity contribution < 1.29 is 4.79 Å². The lowest BCUT2D eigenvalue weighted by atomic mass is 10.1. The molecule has 1 aromatic carbocycles. The summed E-state index contributed by atoms with van der Waals surface area (Å²) in [6.07, 6.45) is 3.16. The van der Waals surface area contributed by atoms with E-state index in [1.54, 1.807) is 15.9 Å². The molecule has 0 bridgehead atoms. The molecule has 1 amide bonds. The minimum Gasteiger partial charge on any atom is -0.335 e. The van der Waals surface area contributed by atoms with Gasteiger partial charge in [0.25, 0.3) is 5.91 Å². The van der Waals surface area contributed by atoms with Gasteiger partial charge in [-0.2, -0.15) is 5.10 Å². The summed E-state index contributed by atoms with van der Waals surface area (Å²) in [4.78, 5) is 18.2. The minimum absolute atomic E-state index is 0.0137. The molecule has 0 radical (unpaired) electrons. The van der Waals surface area contributed by atoms with Crippen LogP contribution < -0.4 is 0 Å². The molecule has 0 aliphatic carbocycles. The molecule has 0 saturated heterocycles. The first-order valence-electron chi connectivity index (χ1n) is 7.02. The van der Waals surface area contributed by atoms with Crippen LogP contribution in [0.5, 0.6) is 0 Å². The lowest BCUT2D eigenvalue weighted by molar-refractivity contribution is 0.0743. The fraction of sp³-hybridized carbons (Fsp3) is 0.188. The average Bonchev–Trinajstić information content (AvgIpc) is 3.24. The minimum atomic E-state index is -0.0222. The molecule has 3 rings (SSSR count). The first-order chi connectivity index (χ1) is 11.1. The Labute approximate surface area is 146 Å². The van der Waals surface area contributed by atoms with Gasteiger partial charge in [-0.05, 0) is 46.6 Å². The largest absolute Gasteiger partial charge is 0.335 e. The summed E-state index contributed by atoms with van der Waals surface area (Å²) in [5, 5.41) is 5.97. The molecule has 3 aromatic rings. The summed E-state index contributed by atoms with van der Waals surface area (Å²) in [6, 6.07) is 9.79. The van der Waals surface area contributed by atoms with Crippen LogP contribution in [-0.2, 0) is 0 Å². The van der Waals surface area contributed by atoms with Crippen LogP contribution in [0.2, 0.25) is 0 Å². The summed E-state index contributed by atoms with van der Waals surface area (Å²) < 4.78 is 2.66. The maximum absolute atomic E-state index is 12.5. The van der Waals surface area contributed by atoms with E-state index in [1.165, 1.54) is 17.7 Å². The average molecular weight is 391 g/mol. The highest BCUT2D eigenvalue weighted by molar-refractivity contribution is 9.11. The molecule has 118 valence electrons. The smallest absolute Gasteiger partial charge is 0.254 e. The standard InChI is InChI=1S/C16H15BrN4OS/c1-11(20(2)16(22)13-7-15(17)23-8-13)12-3-5-14(6-4-12)21-10-18-9-19-21/h3-11H,1-2H3. The second kappa shape index (κ2) is 6.64. The topological polar surface area (TPSA) is 51.0 Å². The lowest BCUT2D eigenvalue weighted by Crippen LogP contribution is -2.29. The number of amides is 1. The van der Waals surface area contributed by atoms with Crippen LogP contribution in [0.4, 0.5) is 0 Å². The number of nitrogens with zero attached hydrogens (tertiary/aromatic N) is 4. The van der Waals surface area contributed by atoms with Crippen molar-refractivity contribution in [1.82, 2.24) is 19.7 Å². The van der Waals surface area contributed by atoms with Gasteiger partial charge >= 0.3 is 0 Å². The van der Waals surface area contributed by atoms with Gasteiger partial charge in [0, 0.05) is 12.4 Å². The number of thiophene rings is 1. The van der Waals surface area contributed by atoms with Crippen LogP contribution in [0, 0.1) is 0 Å². The Kier molecular flexibility index (Phi) is 4.58. The van der Waals surface area contributed by atoms with E-state index >= 15 is 0 Å². The third-order valence-electron chi connectivity index (χ3n) is 3.77. The first-order valence-corrected chi connectivity index (χ1v) is 8.69. The van der Waals surface area contributed by atoms with E-state index in [4.69, 9.17) is 0 Å². The van der Waals surface area contributed by atoms with Gasteiger partial charge in [-0.3, -0.25) is 4.79 Å². The normalized spacial score (nSPS) is 12.1. The van der Waals surface area contributed by atoms with Crippen molar-refractivity contribution in [2.75, 3.05) is 7.05 Å². The molecular formula is C16H15BrN4OS.